The van der Waals surface area contributed by atoms with Gasteiger partial charge in [0.2, 0.25) is 0 Å². The molecule has 0 aromatic heterocycles. The lowest BCUT2D eigenvalue weighted by Gasteiger charge is -2.36. The summed E-state index contributed by atoms with van der Waals surface area (Å²) in [5.74, 6) is 2.57. The summed E-state index contributed by atoms with van der Waals surface area (Å²) < 4.78 is 5.81. The van der Waals surface area contributed by atoms with Gasteiger partial charge >= 0.3 is 0 Å². The fraction of sp³-hybridized carbons (Fsp3) is 1.00. The number of nitrogens with one attached hydrogen (secondary N) is 1. The van der Waals surface area contributed by atoms with E-state index in [1.54, 1.807) is 0 Å². The average Bonchev–Trinajstić information content (AvgIpc) is 2.62. The van der Waals surface area contributed by atoms with Gasteiger partial charge in [0.15, 0.2) is 0 Å². The summed E-state index contributed by atoms with van der Waals surface area (Å²) in [5.41, 5.74) is 0.601. The maximum atomic E-state index is 5.81. The molecule has 2 aliphatic heterocycles. The van der Waals surface area contributed by atoms with Crippen LogP contribution in [0.2, 0.25) is 0 Å². The minimum Gasteiger partial charge on any atom is -0.374 e. The number of thioether (sulfide) groups is 1. The SMILES string of the molecule is CC1(C)CSCC(NCC2(C)CCCO2)C1. The van der Waals surface area contributed by atoms with E-state index in [1.807, 2.05) is 0 Å². The van der Waals surface area contributed by atoms with Crippen LogP contribution in [0.15, 0.2) is 0 Å². The Kier molecular flexibility index (Phi) is 3.87. The van der Waals surface area contributed by atoms with E-state index >= 15 is 0 Å². The molecule has 0 radical (unpaired) electrons. The van der Waals surface area contributed by atoms with E-state index in [4.69, 9.17) is 4.74 Å². The molecular weight excluding hydrogens is 218 g/mol. The second kappa shape index (κ2) is 4.87. The molecule has 0 aromatic carbocycles. The van der Waals surface area contributed by atoms with Crippen molar-refractivity contribution in [1.82, 2.24) is 5.32 Å². The van der Waals surface area contributed by atoms with Crippen LogP contribution in [0.5, 0.6) is 0 Å². The third kappa shape index (κ3) is 3.38. The molecule has 2 atom stereocenters. The second-order valence-electron chi connectivity index (χ2n) is 6.36. The summed E-state index contributed by atoms with van der Waals surface area (Å²) in [6.07, 6.45) is 3.74. The van der Waals surface area contributed by atoms with Crippen molar-refractivity contribution in [3.05, 3.63) is 0 Å². The highest BCUT2D eigenvalue weighted by atomic mass is 32.2. The van der Waals surface area contributed by atoms with Gasteiger partial charge in [0, 0.05) is 24.9 Å². The highest BCUT2D eigenvalue weighted by Crippen LogP contribution is 2.34. The van der Waals surface area contributed by atoms with Crippen molar-refractivity contribution in [2.24, 2.45) is 5.41 Å². The van der Waals surface area contributed by atoms with Crippen molar-refractivity contribution in [3.63, 3.8) is 0 Å². The molecule has 2 fully saturated rings. The van der Waals surface area contributed by atoms with Crippen LogP contribution in [0.3, 0.4) is 0 Å². The van der Waals surface area contributed by atoms with E-state index < -0.39 is 0 Å². The number of hydrogen-bond acceptors (Lipinski definition) is 3. The highest BCUT2D eigenvalue weighted by Gasteiger charge is 2.33. The predicted octanol–water partition coefficient (Wildman–Crippen LogP) is 2.68. The Morgan fingerprint density at radius 2 is 2.19 bits per heavy atom. The van der Waals surface area contributed by atoms with Gasteiger partial charge in [-0.1, -0.05) is 13.8 Å². The lowest BCUT2D eigenvalue weighted by Crippen LogP contribution is -2.46. The van der Waals surface area contributed by atoms with Gasteiger partial charge < -0.3 is 10.1 Å². The van der Waals surface area contributed by atoms with Crippen LogP contribution in [0, 0.1) is 5.41 Å². The maximum absolute atomic E-state index is 5.81. The van der Waals surface area contributed by atoms with Gasteiger partial charge in [-0.05, 0) is 37.4 Å². The summed E-state index contributed by atoms with van der Waals surface area (Å²) in [5, 5.41) is 3.71. The van der Waals surface area contributed by atoms with E-state index in [0.29, 0.717) is 11.5 Å². The number of ether oxygens (including phenoxy) is 1. The van der Waals surface area contributed by atoms with Crippen molar-refractivity contribution in [2.75, 3.05) is 24.7 Å². The highest BCUT2D eigenvalue weighted by molar-refractivity contribution is 7.99. The average molecular weight is 243 g/mol. The Bertz CT molecular complexity index is 236. The monoisotopic (exact) mass is 243 g/mol. The molecule has 2 saturated heterocycles. The van der Waals surface area contributed by atoms with Gasteiger partial charge in [-0.15, -0.1) is 0 Å². The molecule has 0 aliphatic carbocycles. The molecule has 16 heavy (non-hydrogen) atoms. The lowest BCUT2D eigenvalue weighted by molar-refractivity contribution is 0.0182. The van der Waals surface area contributed by atoms with E-state index in [-0.39, 0.29) is 5.60 Å². The van der Waals surface area contributed by atoms with Crippen molar-refractivity contribution >= 4 is 11.8 Å². The van der Waals surface area contributed by atoms with Crippen molar-refractivity contribution < 1.29 is 4.74 Å². The van der Waals surface area contributed by atoms with Crippen molar-refractivity contribution in [3.8, 4) is 0 Å². The number of rotatable bonds is 3. The first-order valence-corrected chi connectivity index (χ1v) is 7.60. The largest absolute Gasteiger partial charge is 0.374 e. The molecule has 0 aromatic rings. The van der Waals surface area contributed by atoms with Gasteiger partial charge in [-0.25, -0.2) is 0 Å². The molecule has 94 valence electrons. The zero-order chi connectivity index (χ0) is 11.6. The Hall–Kier alpha value is 0.270. The van der Waals surface area contributed by atoms with E-state index in [9.17, 15) is 0 Å². The molecule has 1 N–H and O–H groups in total. The summed E-state index contributed by atoms with van der Waals surface area (Å²) in [6.45, 7) is 8.97. The Morgan fingerprint density at radius 3 is 2.81 bits per heavy atom. The number of hydrogen-bond donors (Lipinski definition) is 1. The molecule has 0 saturated carbocycles. The molecule has 0 spiro atoms. The van der Waals surface area contributed by atoms with Gasteiger partial charge in [0.1, 0.15) is 0 Å². The summed E-state index contributed by atoms with van der Waals surface area (Å²) >= 11 is 2.09. The van der Waals surface area contributed by atoms with Gasteiger partial charge in [0.25, 0.3) is 0 Å². The zero-order valence-corrected chi connectivity index (χ0v) is 11.7. The molecule has 2 nitrogen and oxygen atoms in total. The standard InChI is InChI=1S/C13H25NOS/c1-12(2)7-11(8-16-10-12)14-9-13(3)5-4-6-15-13/h11,14H,4-10H2,1-3H3. The van der Waals surface area contributed by atoms with Crippen LogP contribution in [-0.4, -0.2) is 36.3 Å². The molecule has 0 amide bonds. The summed E-state index contributed by atoms with van der Waals surface area (Å²) in [7, 11) is 0. The molecule has 3 heteroatoms. The quantitative estimate of drug-likeness (QED) is 0.823. The van der Waals surface area contributed by atoms with Crippen LogP contribution in [-0.2, 0) is 4.74 Å². The summed E-state index contributed by atoms with van der Waals surface area (Å²) in [4.78, 5) is 0. The van der Waals surface area contributed by atoms with Crippen LogP contribution < -0.4 is 5.32 Å². The van der Waals surface area contributed by atoms with E-state index in [0.717, 1.165) is 13.2 Å². The van der Waals surface area contributed by atoms with E-state index in [2.05, 4.69) is 37.8 Å². The Labute approximate surface area is 104 Å². The van der Waals surface area contributed by atoms with Crippen LogP contribution in [0.4, 0.5) is 0 Å². The normalized spacial score (nSPS) is 38.8. The Balaban J connectivity index is 1.77. The summed E-state index contributed by atoms with van der Waals surface area (Å²) in [6, 6.07) is 0.676. The minimum atomic E-state index is 0.103. The maximum Gasteiger partial charge on any atom is 0.0779 e. The molecule has 2 heterocycles. The first-order chi connectivity index (χ1) is 7.49. The Morgan fingerprint density at radius 1 is 1.38 bits per heavy atom. The van der Waals surface area contributed by atoms with Crippen LogP contribution >= 0.6 is 11.8 Å². The minimum absolute atomic E-state index is 0.103. The topological polar surface area (TPSA) is 21.3 Å². The predicted molar refractivity (Wildman–Crippen MR) is 71.1 cm³/mol. The molecule has 0 bridgehead atoms. The molecular formula is C13H25NOS. The fourth-order valence-corrected chi connectivity index (χ4v) is 4.04. The smallest absolute Gasteiger partial charge is 0.0779 e. The van der Waals surface area contributed by atoms with Crippen molar-refractivity contribution in [1.29, 1.82) is 0 Å². The van der Waals surface area contributed by atoms with Gasteiger partial charge in [-0.3, -0.25) is 0 Å². The van der Waals surface area contributed by atoms with Gasteiger partial charge in [0.05, 0.1) is 5.60 Å². The second-order valence-corrected chi connectivity index (χ2v) is 7.39. The van der Waals surface area contributed by atoms with Crippen molar-refractivity contribution in [2.45, 2.75) is 51.7 Å². The van der Waals surface area contributed by atoms with Gasteiger partial charge in [-0.2, -0.15) is 11.8 Å². The van der Waals surface area contributed by atoms with Crippen LogP contribution in [0.1, 0.15) is 40.0 Å². The molecule has 2 aliphatic rings. The third-order valence-electron chi connectivity index (χ3n) is 3.68. The first kappa shape index (κ1) is 12.7. The molecule has 2 unspecified atom stereocenters. The lowest BCUT2D eigenvalue weighted by atomic mass is 9.87. The van der Waals surface area contributed by atoms with E-state index in [1.165, 1.54) is 30.8 Å². The third-order valence-corrected chi connectivity index (χ3v) is 5.30. The molecule has 2 rings (SSSR count). The zero-order valence-electron chi connectivity index (χ0n) is 10.8. The first-order valence-electron chi connectivity index (χ1n) is 6.44. The fourth-order valence-electron chi connectivity index (χ4n) is 2.73. The van der Waals surface area contributed by atoms with Crippen LogP contribution in [0.25, 0.3) is 0 Å².